The van der Waals surface area contributed by atoms with Crippen LogP contribution in [0, 0.1) is 0 Å². The van der Waals surface area contributed by atoms with E-state index >= 15 is 0 Å². The molecule has 0 amide bonds. The van der Waals surface area contributed by atoms with Crippen molar-refractivity contribution in [3.63, 3.8) is 0 Å². The van der Waals surface area contributed by atoms with E-state index in [2.05, 4.69) is 0 Å². The van der Waals surface area contributed by atoms with Gasteiger partial charge >= 0.3 is 0 Å². The predicted molar refractivity (Wildman–Crippen MR) is 29.8 cm³/mol. The molecular formula is H9Al3Zn6. The second kappa shape index (κ2) is 71.3. The first kappa shape index (κ1) is 89.5. The molecule has 0 unspecified atom stereocenters. The van der Waals surface area contributed by atoms with Crippen LogP contribution < -0.4 is 0 Å². The Bertz CT molecular complexity index is 8.26. The van der Waals surface area contributed by atoms with Crippen LogP contribution >= 0.6 is 0 Å². The molecule has 0 aliphatic heterocycles. The molecule has 0 fully saturated rings. The molecule has 0 bridgehead atoms. The fraction of sp³-hybridized carbons (Fsp3) is 0. The zero-order valence-corrected chi connectivity index (χ0v) is 22.0. The largest absolute Gasteiger partial charge is 0.187 e. The number of hydrogen-bond acceptors (Lipinski definition) is 0. The van der Waals surface area contributed by atoms with E-state index < -0.39 is 0 Å². The Kier molecular flexibility index (Phi) is 709. The van der Waals surface area contributed by atoms with E-state index in [1.807, 2.05) is 0 Å². The Morgan fingerprint density at radius 1 is 0.222 bits per heavy atom. The van der Waals surface area contributed by atoms with Gasteiger partial charge in [0, 0.05) is 117 Å². The molecule has 0 saturated heterocycles. The summed E-state index contributed by atoms with van der Waals surface area (Å²) in [5.74, 6) is 0. The maximum Gasteiger partial charge on any atom is 0.187 e. The van der Waals surface area contributed by atoms with E-state index in [1.165, 1.54) is 0 Å². The molecule has 9 heteroatoms. The summed E-state index contributed by atoms with van der Waals surface area (Å²) < 4.78 is 0. The van der Waals surface area contributed by atoms with Crippen molar-refractivity contribution >= 4 is 52.1 Å². The summed E-state index contributed by atoms with van der Waals surface area (Å²) >= 11 is 0. The quantitative estimate of drug-likeness (QED) is 0.314. The molecule has 0 spiro atoms. The summed E-state index contributed by atoms with van der Waals surface area (Å²) in [5, 5.41) is 0. The van der Waals surface area contributed by atoms with E-state index in [0.717, 1.165) is 0 Å². The van der Waals surface area contributed by atoms with Crippen LogP contribution in [0.5, 0.6) is 0 Å². The molecule has 0 N–H and O–H groups in total. The molecule has 0 nitrogen and oxygen atoms in total. The maximum atomic E-state index is 0. The third-order valence-corrected chi connectivity index (χ3v) is 0. The first-order valence-corrected chi connectivity index (χ1v) is 0. The molecular weight excluding hydrogens is 473 g/mol. The monoisotopic (exact) mass is 474 g/mol. The van der Waals surface area contributed by atoms with Crippen LogP contribution in [0.15, 0.2) is 0 Å². The van der Waals surface area contributed by atoms with E-state index in [4.69, 9.17) is 0 Å². The Labute approximate surface area is 165 Å². The summed E-state index contributed by atoms with van der Waals surface area (Å²) in [6.45, 7) is 0. The van der Waals surface area contributed by atoms with Crippen molar-refractivity contribution in [1.29, 1.82) is 0 Å². The molecule has 0 radical (unpaired) electrons. The van der Waals surface area contributed by atoms with Crippen molar-refractivity contribution in [2.24, 2.45) is 0 Å². The first-order valence-electron chi connectivity index (χ1n) is 0. The van der Waals surface area contributed by atoms with Crippen LogP contribution in [0.1, 0.15) is 0 Å². The Balaban J connectivity index is 0. The zero-order valence-electron chi connectivity index (χ0n) is 4.24. The standard InChI is InChI=1S/3Al.6Zn.9H. The molecule has 0 atom stereocenters. The van der Waals surface area contributed by atoms with Crippen molar-refractivity contribution in [3.05, 3.63) is 0 Å². The van der Waals surface area contributed by atoms with Crippen LogP contribution in [-0.4, -0.2) is 52.1 Å². The molecule has 0 aromatic carbocycles. The Morgan fingerprint density at radius 3 is 0.222 bits per heavy atom. The van der Waals surface area contributed by atoms with E-state index in [-0.39, 0.29) is 169 Å². The van der Waals surface area contributed by atoms with Gasteiger partial charge in [-0.05, 0) is 0 Å². The average Bonchev–Trinajstić information content (AvgIpc) is 0. The summed E-state index contributed by atoms with van der Waals surface area (Å²) in [5.41, 5.74) is 0. The molecule has 0 aromatic rings. The molecule has 9 heavy (non-hydrogen) atoms. The van der Waals surface area contributed by atoms with Crippen LogP contribution in [0.4, 0.5) is 0 Å². The fourth-order valence-electron chi connectivity index (χ4n) is 0. The van der Waals surface area contributed by atoms with Crippen LogP contribution in [-0.2, 0) is 117 Å². The van der Waals surface area contributed by atoms with Gasteiger partial charge < -0.3 is 0 Å². The number of hydrogen-bond donors (Lipinski definition) is 0. The minimum atomic E-state index is 0. The smallest absolute Gasteiger partial charge is 0 e. The van der Waals surface area contributed by atoms with Gasteiger partial charge in [-0.3, -0.25) is 0 Å². The third kappa shape index (κ3) is 60.2. The van der Waals surface area contributed by atoms with Crippen molar-refractivity contribution in [2.75, 3.05) is 0 Å². The van der Waals surface area contributed by atoms with Gasteiger partial charge in [0.2, 0.25) is 0 Å². The Hall–Kier alpha value is 5.34. The van der Waals surface area contributed by atoms with Gasteiger partial charge in [-0.2, -0.15) is 0 Å². The third-order valence-electron chi connectivity index (χ3n) is 0. The minimum Gasteiger partial charge on any atom is 0 e. The molecule has 0 heterocycles. The average molecular weight is 482 g/mol. The van der Waals surface area contributed by atoms with E-state index in [0.29, 0.717) is 0 Å². The normalized spacial score (nSPS) is 0. The predicted octanol–water partition coefficient (Wildman–Crippen LogP) is -3.57. The molecule has 0 aliphatic rings. The van der Waals surface area contributed by atoms with Crippen molar-refractivity contribution < 1.29 is 117 Å². The van der Waals surface area contributed by atoms with Crippen LogP contribution in [0.3, 0.4) is 0 Å². The van der Waals surface area contributed by atoms with E-state index in [9.17, 15) is 0 Å². The van der Waals surface area contributed by atoms with Gasteiger partial charge in [0.25, 0.3) is 0 Å². The van der Waals surface area contributed by atoms with Gasteiger partial charge in [0.15, 0.2) is 52.1 Å². The second-order valence-electron chi connectivity index (χ2n) is 0. The molecule has 0 saturated carbocycles. The molecule has 0 rings (SSSR count). The van der Waals surface area contributed by atoms with Crippen molar-refractivity contribution in [2.45, 2.75) is 0 Å². The van der Waals surface area contributed by atoms with Crippen LogP contribution in [0.2, 0.25) is 0 Å². The molecule has 30 valence electrons. The summed E-state index contributed by atoms with van der Waals surface area (Å²) in [6.07, 6.45) is 0. The SMILES string of the molecule is [AlH3].[AlH3].[AlH3].[Zn].[Zn].[Zn].[Zn].[Zn].[Zn]. The molecule has 0 aliphatic carbocycles. The molecule has 0 aromatic heterocycles. The van der Waals surface area contributed by atoms with Gasteiger partial charge in [-0.25, -0.2) is 0 Å². The van der Waals surface area contributed by atoms with Crippen molar-refractivity contribution in [3.8, 4) is 0 Å². The Morgan fingerprint density at radius 2 is 0.222 bits per heavy atom. The van der Waals surface area contributed by atoms with Gasteiger partial charge in [0.05, 0.1) is 0 Å². The fourth-order valence-corrected chi connectivity index (χ4v) is 0. The summed E-state index contributed by atoms with van der Waals surface area (Å²) in [4.78, 5) is 0. The van der Waals surface area contributed by atoms with E-state index in [1.54, 1.807) is 0 Å². The second-order valence-corrected chi connectivity index (χ2v) is 0. The summed E-state index contributed by atoms with van der Waals surface area (Å²) in [6, 6.07) is 0. The van der Waals surface area contributed by atoms with Gasteiger partial charge in [0.1, 0.15) is 0 Å². The van der Waals surface area contributed by atoms with Gasteiger partial charge in [-0.1, -0.05) is 0 Å². The van der Waals surface area contributed by atoms with Crippen molar-refractivity contribution in [1.82, 2.24) is 0 Å². The number of rotatable bonds is 0. The summed E-state index contributed by atoms with van der Waals surface area (Å²) in [7, 11) is 0. The topological polar surface area (TPSA) is 0 Å². The van der Waals surface area contributed by atoms with Crippen LogP contribution in [0.25, 0.3) is 0 Å². The minimum absolute atomic E-state index is 0. The van der Waals surface area contributed by atoms with Gasteiger partial charge in [-0.15, -0.1) is 0 Å². The maximum absolute atomic E-state index is 0. The first-order chi connectivity index (χ1) is 0. The zero-order chi connectivity index (χ0) is 0.